The van der Waals surface area contributed by atoms with Crippen molar-refractivity contribution in [2.45, 2.75) is 13.3 Å². The third-order valence-corrected chi connectivity index (χ3v) is 4.13. The largest absolute Gasteiger partial charge is 0.381 e. The lowest BCUT2D eigenvalue weighted by atomic mass is 10.2. The van der Waals surface area contributed by atoms with Crippen molar-refractivity contribution in [1.82, 2.24) is 4.98 Å². The predicted octanol–water partition coefficient (Wildman–Crippen LogP) is 4.15. The molecule has 0 bridgehead atoms. The molecule has 1 aromatic carbocycles. The van der Waals surface area contributed by atoms with Crippen molar-refractivity contribution in [3.05, 3.63) is 44.3 Å². The maximum Gasteiger partial charge on any atom is 0.150 e. The Bertz CT molecular complexity index is 534. The number of thiazole rings is 1. The molecular weight excluding hydrogens is 322 g/mol. The van der Waals surface area contributed by atoms with E-state index in [1.54, 1.807) is 16.8 Å². The Balaban J connectivity index is 2.01. The summed E-state index contributed by atoms with van der Waals surface area (Å²) in [6.07, 6.45) is 0.764. The monoisotopic (exact) mass is 332 g/mol. The fraction of sp³-hybridized carbons (Fsp3) is 0.250. The first-order chi connectivity index (χ1) is 8.58. The summed E-state index contributed by atoms with van der Waals surface area (Å²) in [5, 5.41) is 2.96. The summed E-state index contributed by atoms with van der Waals surface area (Å²) in [4.78, 5) is 5.31. The highest BCUT2D eigenvalue weighted by molar-refractivity contribution is 9.10. The highest BCUT2D eigenvalue weighted by Gasteiger charge is 2.09. The van der Waals surface area contributed by atoms with Gasteiger partial charge < -0.3 is 5.32 Å². The van der Waals surface area contributed by atoms with E-state index in [1.165, 1.54) is 10.9 Å². The number of rotatable bonds is 4. The Kier molecular flexibility index (Phi) is 4.29. The summed E-state index contributed by atoms with van der Waals surface area (Å²) in [6.45, 7) is 2.52. The molecule has 2 aromatic rings. The van der Waals surface area contributed by atoms with Gasteiger partial charge in [-0.05, 0) is 28.9 Å². The van der Waals surface area contributed by atoms with Crippen LogP contribution in [0.3, 0.4) is 0 Å². The topological polar surface area (TPSA) is 24.9 Å². The second kappa shape index (κ2) is 5.75. The number of aromatic nitrogens is 1. The minimum Gasteiger partial charge on any atom is -0.381 e. The molecule has 2 nitrogen and oxygen atoms in total. The van der Waals surface area contributed by atoms with Crippen molar-refractivity contribution in [1.29, 1.82) is 0 Å². The van der Waals surface area contributed by atoms with E-state index in [0.29, 0.717) is 16.7 Å². The first-order valence-electron chi connectivity index (χ1n) is 5.35. The first-order valence-corrected chi connectivity index (χ1v) is 7.02. The zero-order chi connectivity index (χ0) is 13.1. The fourth-order valence-electron chi connectivity index (χ4n) is 1.58. The van der Waals surface area contributed by atoms with Crippen LogP contribution in [0.5, 0.6) is 0 Å². The lowest BCUT2D eigenvalue weighted by molar-refractivity contribution is 0.583. The Hall–Kier alpha value is -1.01. The molecule has 0 aliphatic rings. The summed E-state index contributed by atoms with van der Waals surface area (Å²) >= 11 is 4.72. The molecule has 6 heteroatoms. The van der Waals surface area contributed by atoms with Gasteiger partial charge in [-0.2, -0.15) is 0 Å². The molecule has 0 fully saturated rings. The Morgan fingerprint density at radius 3 is 2.78 bits per heavy atom. The molecule has 0 atom stereocenters. The average Bonchev–Trinajstić information content (AvgIpc) is 2.68. The summed E-state index contributed by atoms with van der Waals surface area (Å²) in [5.41, 5.74) is 3.08. The van der Waals surface area contributed by atoms with Crippen LogP contribution in [0.1, 0.15) is 10.6 Å². The number of aryl methyl sites for hydroxylation is 1. The number of nitrogens with zero attached hydrogens (tertiary/aromatic N) is 1. The maximum absolute atomic E-state index is 13.5. The molecule has 96 valence electrons. The number of anilines is 1. The minimum absolute atomic E-state index is 0.290. The van der Waals surface area contributed by atoms with E-state index in [2.05, 4.69) is 26.2 Å². The average molecular weight is 333 g/mol. The molecule has 2 rings (SSSR count). The van der Waals surface area contributed by atoms with E-state index >= 15 is 0 Å². The van der Waals surface area contributed by atoms with Gasteiger partial charge in [0.1, 0.15) is 11.6 Å². The van der Waals surface area contributed by atoms with Gasteiger partial charge >= 0.3 is 0 Å². The van der Waals surface area contributed by atoms with Gasteiger partial charge in [0.2, 0.25) is 0 Å². The predicted molar refractivity (Wildman–Crippen MR) is 73.1 cm³/mol. The van der Waals surface area contributed by atoms with Crippen molar-refractivity contribution in [2.75, 3.05) is 11.9 Å². The molecule has 18 heavy (non-hydrogen) atoms. The van der Waals surface area contributed by atoms with Crippen molar-refractivity contribution in [3.63, 3.8) is 0 Å². The van der Waals surface area contributed by atoms with E-state index in [9.17, 15) is 8.78 Å². The van der Waals surface area contributed by atoms with Crippen LogP contribution in [0.4, 0.5) is 14.5 Å². The van der Waals surface area contributed by atoms with Gasteiger partial charge in [0, 0.05) is 28.4 Å². The standard InChI is InChI=1S/C12H11BrF2N2S/c1-7-11(18-6-17-7)2-3-16-12-9(13)4-8(14)5-10(12)15/h4-6,16H,2-3H2,1H3. The Morgan fingerprint density at radius 1 is 1.39 bits per heavy atom. The van der Waals surface area contributed by atoms with Crippen LogP contribution in [0, 0.1) is 18.6 Å². The highest BCUT2D eigenvalue weighted by atomic mass is 79.9. The fourth-order valence-corrected chi connectivity index (χ4v) is 2.91. The summed E-state index contributed by atoms with van der Waals surface area (Å²) < 4.78 is 26.8. The van der Waals surface area contributed by atoms with E-state index in [-0.39, 0.29) is 0 Å². The third kappa shape index (κ3) is 3.05. The summed E-state index contributed by atoms with van der Waals surface area (Å²) in [6, 6.07) is 2.11. The van der Waals surface area contributed by atoms with Crippen LogP contribution in [0.25, 0.3) is 0 Å². The molecule has 0 saturated carbocycles. The Labute approximate surface area is 116 Å². The highest BCUT2D eigenvalue weighted by Crippen LogP contribution is 2.26. The summed E-state index contributed by atoms with van der Waals surface area (Å²) in [5.74, 6) is -1.19. The van der Waals surface area contributed by atoms with E-state index in [1.807, 2.05) is 6.92 Å². The second-order valence-electron chi connectivity index (χ2n) is 3.78. The second-order valence-corrected chi connectivity index (χ2v) is 5.58. The maximum atomic E-state index is 13.5. The van der Waals surface area contributed by atoms with Crippen molar-refractivity contribution < 1.29 is 8.78 Å². The molecular formula is C12H11BrF2N2S. The number of benzene rings is 1. The van der Waals surface area contributed by atoms with Gasteiger partial charge in [-0.3, -0.25) is 0 Å². The number of hydrogen-bond donors (Lipinski definition) is 1. The zero-order valence-corrected chi connectivity index (χ0v) is 12.0. The molecule has 0 amide bonds. The third-order valence-electron chi connectivity index (χ3n) is 2.51. The van der Waals surface area contributed by atoms with Gasteiger partial charge in [0.15, 0.2) is 0 Å². The number of hydrogen-bond acceptors (Lipinski definition) is 3. The van der Waals surface area contributed by atoms with Gasteiger partial charge in [-0.15, -0.1) is 11.3 Å². The van der Waals surface area contributed by atoms with Crippen molar-refractivity contribution in [3.8, 4) is 0 Å². The van der Waals surface area contributed by atoms with Gasteiger partial charge in [0.25, 0.3) is 0 Å². The van der Waals surface area contributed by atoms with Crippen LogP contribution in [-0.4, -0.2) is 11.5 Å². The normalized spacial score (nSPS) is 10.7. The summed E-state index contributed by atoms with van der Waals surface area (Å²) in [7, 11) is 0. The number of halogens is 3. The van der Waals surface area contributed by atoms with Crippen LogP contribution < -0.4 is 5.32 Å². The molecule has 1 aromatic heterocycles. The van der Waals surface area contributed by atoms with Crippen LogP contribution in [0.15, 0.2) is 22.1 Å². The molecule has 1 heterocycles. The molecule has 0 saturated heterocycles. The van der Waals surface area contributed by atoms with Gasteiger partial charge in [-0.1, -0.05) is 0 Å². The first kappa shape index (κ1) is 13.4. The van der Waals surface area contributed by atoms with Crippen molar-refractivity contribution >= 4 is 33.0 Å². The lowest BCUT2D eigenvalue weighted by Gasteiger charge is -2.09. The van der Waals surface area contributed by atoms with Crippen LogP contribution in [0.2, 0.25) is 0 Å². The molecule has 0 aliphatic heterocycles. The van der Waals surface area contributed by atoms with Gasteiger partial charge in [-0.25, -0.2) is 13.8 Å². The van der Waals surface area contributed by atoms with E-state index < -0.39 is 11.6 Å². The molecule has 1 N–H and O–H groups in total. The number of nitrogens with one attached hydrogen (secondary N) is 1. The smallest absolute Gasteiger partial charge is 0.150 e. The molecule has 0 radical (unpaired) electrons. The van der Waals surface area contributed by atoms with Crippen LogP contribution >= 0.6 is 27.3 Å². The molecule has 0 unspecified atom stereocenters. The molecule has 0 aliphatic carbocycles. The molecule has 0 spiro atoms. The van der Waals surface area contributed by atoms with Crippen molar-refractivity contribution in [2.24, 2.45) is 0 Å². The van der Waals surface area contributed by atoms with E-state index in [4.69, 9.17) is 0 Å². The SMILES string of the molecule is Cc1ncsc1CCNc1c(F)cc(F)cc1Br. The quantitative estimate of drug-likeness (QED) is 0.909. The van der Waals surface area contributed by atoms with E-state index in [0.717, 1.165) is 18.2 Å². The zero-order valence-electron chi connectivity index (χ0n) is 9.64. The lowest BCUT2D eigenvalue weighted by Crippen LogP contribution is -2.07. The van der Waals surface area contributed by atoms with Gasteiger partial charge in [0.05, 0.1) is 16.9 Å². The van der Waals surface area contributed by atoms with Crippen LogP contribution in [-0.2, 0) is 6.42 Å². The minimum atomic E-state index is -0.595. The Morgan fingerprint density at radius 2 is 2.17 bits per heavy atom.